The quantitative estimate of drug-likeness (QED) is 0.352. The van der Waals surface area contributed by atoms with Crippen molar-refractivity contribution >= 4 is 17.6 Å². The number of aromatic nitrogens is 1. The third-order valence-corrected chi connectivity index (χ3v) is 5.27. The number of allylic oxidation sites excluding steroid dienone is 3. The zero-order valence-corrected chi connectivity index (χ0v) is 18.1. The average Bonchev–Trinajstić information content (AvgIpc) is 3.20. The lowest BCUT2D eigenvalue weighted by atomic mass is 10.1. The lowest BCUT2D eigenvalue weighted by molar-refractivity contribution is -0.116. The Bertz CT molecular complexity index is 1070. The Labute approximate surface area is 187 Å². The van der Waals surface area contributed by atoms with Gasteiger partial charge in [0.05, 0.1) is 24.8 Å². The van der Waals surface area contributed by atoms with Crippen LogP contribution < -0.4 is 15.4 Å². The number of hydrogen-bond donors (Lipinski definition) is 2. The van der Waals surface area contributed by atoms with Gasteiger partial charge in [-0.3, -0.25) is 9.59 Å². The van der Waals surface area contributed by atoms with Crippen LogP contribution in [0.5, 0.6) is 5.75 Å². The molecule has 2 amide bonds. The summed E-state index contributed by atoms with van der Waals surface area (Å²) in [5.74, 6) is 0.812. The maximum Gasteiger partial charge on any atom is 0.253 e. The number of nitrogens with one attached hydrogen (secondary N) is 2. The number of anilines is 1. The number of hydrogen-bond acceptors (Lipinski definition) is 5. The number of nitrogens with zero attached hydrogens (tertiary/aromatic N) is 2. The van der Waals surface area contributed by atoms with Crippen molar-refractivity contribution in [3.8, 4) is 11.8 Å². The van der Waals surface area contributed by atoms with Gasteiger partial charge in [-0.2, -0.15) is 5.26 Å². The highest BCUT2D eigenvalue weighted by Gasteiger charge is 2.25. The van der Waals surface area contributed by atoms with E-state index < -0.39 is 0 Å². The molecule has 1 aromatic heterocycles. The lowest BCUT2D eigenvalue weighted by Crippen LogP contribution is -2.27. The molecule has 3 rings (SSSR count). The van der Waals surface area contributed by atoms with Crippen LogP contribution in [0.1, 0.15) is 53.2 Å². The van der Waals surface area contributed by atoms with Crippen LogP contribution in [0.4, 0.5) is 5.82 Å². The molecule has 1 aromatic carbocycles. The van der Waals surface area contributed by atoms with Crippen molar-refractivity contribution in [3.63, 3.8) is 0 Å². The Morgan fingerprint density at radius 3 is 2.91 bits per heavy atom. The number of amides is 2. The zero-order valence-electron chi connectivity index (χ0n) is 18.1. The van der Waals surface area contributed by atoms with Crippen molar-refractivity contribution in [2.45, 2.75) is 38.1 Å². The van der Waals surface area contributed by atoms with Crippen LogP contribution in [0, 0.1) is 11.3 Å². The summed E-state index contributed by atoms with van der Waals surface area (Å²) in [7, 11) is 1.63. The van der Waals surface area contributed by atoms with Crippen molar-refractivity contribution in [2.75, 3.05) is 12.4 Å². The van der Waals surface area contributed by atoms with E-state index in [-0.39, 0.29) is 17.9 Å². The van der Waals surface area contributed by atoms with Crippen molar-refractivity contribution in [2.24, 2.45) is 0 Å². The summed E-state index contributed by atoms with van der Waals surface area (Å²) >= 11 is 0. The molecule has 0 aliphatic heterocycles. The molecule has 2 N–H and O–H groups in total. The van der Waals surface area contributed by atoms with Gasteiger partial charge in [-0.25, -0.2) is 4.98 Å². The van der Waals surface area contributed by atoms with Gasteiger partial charge in [0.2, 0.25) is 5.91 Å². The zero-order chi connectivity index (χ0) is 22.9. The summed E-state index contributed by atoms with van der Waals surface area (Å²) in [5.41, 5.74) is 3.13. The van der Waals surface area contributed by atoms with Gasteiger partial charge in [-0.1, -0.05) is 18.7 Å². The molecular weight excluding hydrogens is 404 g/mol. The second-order valence-electron chi connectivity index (χ2n) is 7.54. The number of nitriles is 1. The van der Waals surface area contributed by atoms with E-state index in [0.29, 0.717) is 36.2 Å². The molecular formula is C25H26N4O3. The standard InChI is InChI=1S/C25H26N4O3/c1-17(15-26)6-4-3-5-7-24(30)29-23-13-10-19(16-27-23)25(31)28-22-12-9-18-8-11-20(32-2)14-21(18)22/h4,6,8,10-11,13-14,16,22H,1,3,5,7,9,12H2,2H3,(H,28,31)(H,27,29,30). The normalized spacial score (nSPS) is 14.4. The van der Waals surface area contributed by atoms with Gasteiger partial charge in [-0.15, -0.1) is 0 Å². The highest BCUT2D eigenvalue weighted by Crippen LogP contribution is 2.33. The van der Waals surface area contributed by atoms with E-state index in [9.17, 15) is 9.59 Å². The number of rotatable bonds is 9. The Morgan fingerprint density at radius 2 is 2.19 bits per heavy atom. The van der Waals surface area contributed by atoms with Crippen LogP contribution in [0.15, 0.2) is 60.8 Å². The second kappa shape index (κ2) is 10.9. The second-order valence-corrected chi connectivity index (χ2v) is 7.54. The molecule has 2 aromatic rings. The van der Waals surface area contributed by atoms with E-state index in [1.54, 1.807) is 25.3 Å². The van der Waals surface area contributed by atoms with Gasteiger partial charge in [-0.05, 0) is 67.2 Å². The van der Waals surface area contributed by atoms with Crippen molar-refractivity contribution in [1.29, 1.82) is 5.26 Å². The molecule has 0 saturated heterocycles. The fourth-order valence-electron chi connectivity index (χ4n) is 3.55. The molecule has 0 radical (unpaired) electrons. The number of unbranched alkanes of at least 4 members (excludes halogenated alkanes) is 1. The number of benzene rings is 1. The van der Waals surface area contributed by atoms with E-state index in [0.717, 1.165) is 24.2 Å². The maximum atomic E-state index is 12.7. The first-order valence-electron chi connectivity index (χ1n) is 10.5. The number of carbonyl (C=O) groups excluding carboxylic acids is 2. The van der Waals surface area contributed by atoms with Crippen molar-refractivity contribution in [1.82, 2.24) is 10.3 Å². The number of ether oxygens (including phenoxy) is 1. The van der Waals surface area contributed by atoms with Gasteiger partial charge < -0.3 is 15.4 Å². The third-order valence-electron chi connectivity index (χ3n) is 5.27. The molecule has 0 spiro atoms. The number of methoxy groups -OCH3 is 1. The van der Waals surface area contributed by atoms with E-state index in [1.807, 2.05) is 30.3 Å². The summed E-state index contributed by atoms with van der Waals surface area (Å²) in [6, 6.07) is 11.1. The van der Waals surface area contributed by atoms with Crippen LogP contribution in [0.3, 0.4) is 0 Å². The molecule has 164 valence electrons. The Hall–Kier alpha value is -3.92. The monoisotopic (exact) mass is 430 g/mol. The molecule has 1 aliphatic carbocycles. The summed E-state index contributed by atoms with van der Waals surface area (Å²) in [6.45, 7) is 3.56. The molecule has 1 atom stereocenters. The Balaban J connectivity index is 1.49. The first-order chi connectivity index (χ1) is 15.5. The fraction of sp³-hybridized carbons (Fsp3) is 0.280. The maximum absolute atomic E-state index is 12.7. The largest absolute Gasteiger partial charge is 0.497 e. The molecule has 1 unspecified atom stereocenters. The SMILES string of the molecule is C=C(C#N)C=CCCCC(=O)Nc1ccc(C(=O)NC2CCc3ccc(OC)cc32)cn1. The highest BCUT2D eigenvalue weighted by atomic mass is 16.5. The van der Waals surface area contributed by atoms with E-state index in [4.69, 9.17) is 10.00 Å². The molecule has 7 nitrogen and oxygen atoms in total. The predicted octanol–water partition coefficient (Wildman–Crippen LogP) is 4.25. The molecule has 0 bridgehead atoms. The smallest absolute Gasteiger partial charge is 0.253 e. The fourth-order valence-corrected chi connectivity index (χ4v) is 3.55. The minimum atomic E-state index is -0.207. The van der Waals surface area contributed by atoms with Crippen LogP contribution in [0.25, 0.3) is 0 Å². The minimum absolute atomic E-state index is 0.0636. The lowest BCUT2D eigenvalue weighted by Gasteiger charge is -2.15. The number of carbonyl (C=O) groups is 2. The van der Waals surface area contributed by atoms with Gasteiger partial charge >= 0.3 is 0 Å². The first-order valence-corrected chi connectivity index (χ1v) is 10.5. The van der Waals surface area contributed by atoms with Crippen LogP contribution >= 0.6 is 0 Å². The molecule has 32 heavy (non-hydrogen) atoms. The first kappa shape index (κ1) is 22.8. The van der Waals surface area contributed by atoms with Crippen LogP contribution in [-0.4, -0.2) is 23.9 Å². The molecule has 0 saturated carbocycles. The van der Waals surface area contributed by atoms with Crippen molar-refractivity contribution < 1.29 is 14.3 Å². The molecule has 1 heterocycles. The van der Waals surface area contributed by atoms with Crippen LogP contribution in [-0.2, 0) is 11.2 Å². The average molecular weight is 431 g/mol. The van der Waals surface area contributed by atoms with Gasteiger partial charge in [0.25, 0.3) is 5.91 Å². The summed E-state index contributed by atoms with van der Waals surface area (Å²) in [5, 5.41) is 14.4. The van der Waals surface area contributed by atoms with Gasteiger partial charge in [0.15, 0.2) is 0 Å². The van der Waals surface area contributed by atoms with Crippen LogP contribution in [0.2, 0.25) is 0 Å². The predicted molar refractivity (Wildman–Crippen MR) is 122 cm³/mol. The summed E-state index contributed by atoms with van der Waals surface area (Å²) in [4.78, 5) is 28.9. The van der Waals surface area contributed by atoms with E-state index in [1.165, 1.54) is 11.8 Å². The Morgan fingerprint density at radius 1 is 1.34 bits per heavy atom. The van der Waals surface area contributed by atoms with E-state index in [2.05, 4.69) is 22.2 Å². The summed E-state index contributed by atoms with van der Waals surface area (Å²) in [6.07, 6.45) is 8.34. The molecule has 7 heteroatoms. The summed E-state index contributed by atoms with van der Waals surface area (Å²) < 4.78 is 5.30. The third kappa shape index (κ3) is 6.05. The number of aryl methyl sites for hydroxylation is 1. The van der Waals surface area contributed by atoms with Gasteiger partial charge in [0, 0.05) is 18.2 Å². The van der Waals surface area contributed by atoms with Gasteiger partial charge in [0.1, 0.15) is 11.6 Å². The topological polar surface area (TPSA) is 104 Å². The van der Waals surface area contributed by atoms with Crippen molar-refractivity contribution in [3.05, 3.63) is 77.5 Å². The molecule has 0 fully saturated rings. The highest BCUT2D eigenvalue weighted by molar-refractivity contribution is 5.95. The number of pyridine rings is 1. The molecule has 1 aliphatic rings. The Kier molecular flexibility index (Phi) is 7.76. The minimum Gasteiger partial charge on any atom is -0.497 e. The number of fused-ring (bicyclic) bond motifs is 1. The van der Waals surface area contributed by atoms with E-state index >= 15 is 0 Å².